The number of hydrazone groups is 1. The fourth-order valence-corrected chi connectivity index (χ4v) is 2.75. The fraction of sp³-hybridized carbons (Fsp3) is 0.385. The van der Waals surface area contributed by atoms with Crippen LogP contribution in [0.25, 0.3) is 0 Å². The SMILES string of the molecule is CCC1SC(=O)NN=C1c1ccc(OC)c(OCF)c1. The molecule has 0 saturated heterocycles. The fourth-order valence-electron chi connectivity index (χ4n) is 1.92. The third-order valence-corrected chi connectivity index (χ3v) is 4.01. The predicted molar refractivity (Wildman–Crippen MR) is 76.3 cm³/mol. The molecule has 1 heterocycles. The number of alkyl halides is 1. The second-order valence-corrected chi connectivity index (χ2v) is 5.21. The highest BCUT2D eigenvalue weighted by Crippen LogP contribution is 2.31. The molecule has 1 N–H and O–H groups in total. The van der Waals surface area contributed by atoms with Gasteiger partial charge in [0, 0.05) is 5.56 Å². The van der Waals surface area contributed by atoms with Crippen LogP contribution in [0.4, 0.5) is 9.18 Å². The number of halogens is 1. The van der Waals surface area contributed by atoms with Gasteiger partial charge in [-0.1, -0.05) is 18.7 Å². The van der Waals surface area contributed by atoms with Crippen LogP contribution in [0, 0.1) is 0 Å². The van der Waals surface area contributed by atoms with Crippen molar-refractivity contribution < 1.29 is 18.7 Å². The minimum absolute atomic E-state index is 0.0321. The average molecular weight is 298 g/mol. The van der Waals surface area contributed by atoms with Gasteiger partial charge in [-0.05, 0) is 24.6 Å². The summed E-state index contributed by atoms with van der Waals surface area (Å²) in [5, 5.41) is 3.89. The van der Waals surface area contributed by atoms with E-state index in [0.717, 1.165) is 17.7 Å². The lowest BCUT2D eigenvalue weighted by atomic mass is 10.0. The number of amides is 1. The average Bonchev–Trinajstić information content (AvgIpc) is 2.47. The third-order valence-electron chi connectivity index (χ3n) is 2.86. The molecule has 108 valence electrons. The van der Waals surface area contributed by atoms with Crippen molar-refractivity contribution >= 4 is 22.7 Å². The summed E-state index contributed by atoms with van der Waals surface area (Å²) < 4.78 is 22.4. The zero-order chi connectivity index (χ0) is 14.5. The molecule has 0 saturated carbocycles. The van der Waals surface area contributed by atoms with E-state index in [1.165, 1.54) is 18.9 Å². The summed E-state index contributed by atoms with van der Waals surface area (Å²) in [4.78, 5) is 11.3. The van der Waals surface area contributed by atoms with Gasteiger partial charge in [0.2, 0.25) is 6.86 Å². The molecule has 0 spiro atoms. The molecule has 1 aliphatic heterocycles. The zero-order valence-electron chi connectivity index (χ0n) is 11.2. The van der Waals surface area contributed by atoms with Crippen molar-refractivity contribution in [3.63, 3.8) is 0 Å². The Morgan fingerprint density at radius 3 is 2.90 bits per heavy atom. The van der Waals surface area contributed by atoms with E-state index >= 15 is 0 Å². The lowest BCUT2D eigenvalue weighted by Crippen LogP contribution is -2.31. The van der Waals surface area contributed by atoms with E-state index in [9.17, 15) is 9.18 Å². The third kappa shape index (κ3) is 3.04. The minimum atomic E-state index is -0.936. The molecule has 1 aliphatic rings. The normalized spacial score (nSPS) is 18.2. The molecule has 7 heteroatoms. The van der Waals surface area contributed by atoms with Crippen molar-refractivity contribution in [1.82, 2.24) is 5.43 Å². The number of thioether (sulfide) groups is 1. The maximum Gasteiger partial charge on any atom is 0.299 e. The van der Waals surface area contributed by atoms with Gasteiger partial charge >= 0.3 is 0 Å². The topological polar surface area (TPSA) is 59.9 Å². The smallest absolute Gasteiger partial charge is 0.299 e. The lowest BCUT2D eigenvalue weighted by Gasteiger charge is -2.21. The van der Waals surface area contributed by atoms with E-state index in [2.05, 4.69) is 10.5 Å². The van der Waals surface area contributed by atoms with Crippen LogP contribution in [0.15, 0.2) is 23.3 Å². The Kier molecular flexibility index (Phi) is 4.84. The summed E-state index contributed by atoms with van der Waals surface area (Å²) in [7, 11) is 1.49. The molecule has 1 unspecified atom stereocenters. The summed E-state index contributed by atoms with van der Waals surface area (Å²) >= 11 is 1.19. The van der Waals surface area contributed by atoms with Crippen molar-refractivity contribution in [3.8, 4) is 11.5 Å². The first-order valence-electron chi connectivity index (χ1n) is 6.11. The zero-order valence-corrected chi connectivity index (χ0v) is 12.0. The van der Waals surface area contributed by atoms with E-state index in [1.807, 2.05) is 13.0 Å². The van der Waals surface area contributed by atoms with E-state index in [-0.39, 0.29) is 10.5 Å². The highest BCUT2D eigenvalue weighted by molar-refractivity contribution is 8.14. The van der Waals surface area contributed by atoms with E-state index < -0.39 is 6.86 Å². The summed E-state index contributed by atoms with van der Waals surface area (Å²) in [5.74, 6) is 0.763. The monoisotopic (exact) mass is 298 g/mol. The molecular weight excluding hydrogens is 283 g/mol. The first kappa shape index (κ1) is 14.6. The second kappa shape index (κ2) is 6.60. The van der Waals surface area contributed by atoms with Crippen LogP contribution in [0.2, 0.25) is 0 Å². The van der Waals surface area contributed by atoms with Gasteiger partial charge in [-0.25, -0.2) is 9.82 Å². The van der Waals surface area contributed by atoms with Gasteiger partial charge in [0.1, 0.15) is 0 Å². The Balaban J connectivity index is 2.36. The van der Waals surface area contributed by atoms with Gasteiger partial charge in [0.25, 0.3) is 5.24 Å². The summed E-state index contributed by atoms with van der Waals surface area (Å²) in [6, 6.07) is 5.16. The number of nitrogens with zero attached hydrogens (tertiary/aromatic N) is 1. The maximum atomic E-state index is 12.4. The highest BCUT2D eigenvalue weighted by Gasteiger charge is 2.25. The molecule has 20 heavy (non-hydrogen) atoms. The van der Waals surface area contributed by atoms with E-state index in [0.29, 0.717) is 11.5 Å². The molecular formula is C13H15FN2O3S. The first-order valence-corrected chi connectivity index (χ1v) is 6.99. The number of hydrogen-bond acceptors (Lipinski definition) is 5. The van der Waals surface area contributed by atoms with Gasteiger partial charge in [0.15, 0.2) is 11.5 Å². The minimum Gasteiger partial charge on any atom is -0.493 e. The number of methoxy groups -OCH3 is 1. The molecule has 1 aromatic carbocycles. The lowest BCUT2D eigenvalue weighted by molar-refractivity contribution is 0.184. The Morgan fingerprint density at radius 2 is 2.25 bits per heavy atom. The largest absolute Gasteiger partial charge is 0.493 e. The molecule has 0 fully saturated rings. The van der Waals surface area contributed by atoms with Crippen LogP contribution in [0.3, 0.4) is 0 Å². The number of ether oxygens (including phenoxy) is 2. The van der Waals surface area contributed by atoms with Gasteiger partial charge in [-0.15, -0.1) is 0 Å². The van der Waals surface area contributed by atoms with Crippen molar-refractivity contribution in [3.05, 3.63) is 23.8 Å². The van der Waals surface area contributed by atoms with Gasteiger partial charge in [-0.3, -0.25) is 4.79 Å². The van der Waals surface area contributed by atoms with Gasteiger partial charge in [-0.2, -0.15) is 5.10 Å². The molecule has 1 aromatic rings. The van der Waals surface area contributed by atoms with Crippen LogP contribution in [-0.2, 0) is 0 Å². The number of nitrogens with one attached hydrogen (secondary N) is 1. The summed E-state index contributed by atoms with van der Waals surface area (Å²) in [5.41, 5.74) is 3.95. The standard InChI is InChI=1S/C13H15FN2O3S/c1-3-11-12(15-16-13(17)20-11)8-4-5-9(18-2)10(6-8)19-7-14/h4-6,11H,3,7H2,1-2H3,(H,16,17). The quantitative estimate of drug-likeness (QED) is 0.908. The predicted octanol–water partition coefficient (Wildman–Crippen LogP) is 2.94. The van der Waals surface area contributed by atoms with E-state index in [1.54, 1.807) is 12.1 Å². The summed E-state index contributed by atoms with van der Waals surface area (Å²) in [6.45, 7) is 1.04. The molecule has 1 atom stereocenters. The molecule has 2 rings (SSSR count). The van der Waals surface area contributed by atoms with Crippen LogP contribution < -0.4 is 14.9 Å². The molecule has 1 amide bonds. The first-order chi connectivity index (χ1) is 9.69. The van der Waals surface area contributed by atoms with Crippen molar-refractivity contribution in [2.24, 2.45) is 5.10 Å². The molecule has 0 radical (unpaired) electrons. The Morgan fingerprint density at radius 1 is 1.45 bits per heavy atom. The van der Waals surface area contributed by atoms with Crippen LogP contribution in [0.5, 0.6) is 11.5 Å². The van der Waals surface area contributed by atoms with Gasteiger partial charge in [0.05, 0.1) is 18.1 Å². The number of rotatable bonds is 5. The van der Waals surface area contributed by atoms with Crippen molar-refractivity contribution in [1.29, 1.82) is 0 Å². The molecule has 0 aliphatic carbocycles. The number of benzene rings is 1. The van der Waals surface area contributed by atoms with Crippen LogP contribution in [-0.4, -0.2) is 30.2 Å². The molecule has 5 nitrogen and oxygen atoms in total. The van der Waals surface area contributed by atoms with Crippen molar-refractivity contribution in [2.75, 3.05) is 14.0 Å². The van der Waals surface area contributed by atoms with Crippen LogP contribution in [0.1, 0.15) is 18.9 Å². The number of carbonyl (C=O) groups is 1. The van der Waals surface area contributed by atoms with Crippen molar-refractivity contribution in [2.45, 2.75) is 18.6 Å². The maximum absolute atomic E-state index is 12.4. The Bertz CT molecular complexity index is 536. The summed E-state index contributed by atoms with van der Waals surface area (Å²) in [6.07, 6.45) is 0.766. The Hall–Kier alpha value is -1.76. The number of hydrogen-bond donors (Lipinski definition) is 1. The second-order valence-electron chi connectivity index (χ2n) is 4.03. The van der Waals surface area contributed by atoms with Gasteiger partial charge < -0.3 is 9.47 Å². The highest BCUT2D eigenvalue weighted by atomic mass is 32.2. The molecule has 0 bridgehead atoms. The number of carbonyl (C=O) groups excluding carboxylic acids is 1. The molecule has 0 aromatic heterocycles. The van der Waals surface area contributed by atoms with E-state index in [4.69, 9.17) is 9.47 Å². The van der Waals surface area contributed by atoms with Crippen LogP contribution >= 0.6 is 11.8 Å². The Labute approximate surface area is 120 Å².